The summed E-state index contributed by atoms with van der Waals surface area (Å²) in [6.07, 6.45) is 6.63. The highest BCUT2D eigenvalue weighted by atomic mass is 15.2. The van der Waals surface area contributed by atoms with E-state index in [-0.39, 0.29) is 0 Å². The highest BCUT2D eigenvalue weighted by Crippen LogP contribution is 2.20. The van der Waals surface area contributed by atoms with Crippen molar-refractivity contribution in [3.8, 4) is 0 Å². The van der Waals surface area contributed by atoms with E-state index in [2.05, 4.69) is 46.7 Å². The SMILES string of the molecule is CCNC(C)C1CCN(CCn2ccnc2C)CC1. The topological polar surface area (TPSA) is 33.1 Å². The van der Waals surface area contributed by atoms with Crippen molar-refractivity contribution in [1.82, 2.24) is 19.8 Å². The van der Waals surface area contributed by atoms with E-state index < -0.39 is 0 Å². The Morgan fingerprint density at radius 2 is 2.11 bits per heavy atom. The Bertz CT molecular complexity index is 366. The van der Waals surface area contributed by atoms with Gasteiger partial charge in [0.2, 0.25) is 0 Å². The number of hydrogen-bond acceptors (Lipinski definition) is 3. The van der Waals surface area contributed by atoms with Gasteiger partial charge < -0.3 is 14.8 Å². The third kappa shape index (κ3) is 4.05. The van der Waals surface area contributed by atoms with Crippen LogP contribution < -0.4 is 5.32 Å². The van der Waals surface area contributed by atoms with Gasteiger partial charge in [-0.05, 0) is 52.2 Å². The molecule has 1 unspecified atom stereocenters. The number of aryl methyl sites for hydroxylation is 1. The first-order valence-electron chi connectivity index (χ1n) is 7.64. The van der Waals surface area contributed by atoms with Crippen LogP contribution in [0.2, 0.25) is 0 Å². The summed E-state index contributed by atoms with van der Waals surface area (Å²) in [5.41, 5.74) is 0. The maximum Gasteiger partial charge on any atom is 0.105 e. The van der Waals surface area contributed by atoms with Crippen molar-refractivity contribution in [3.05, 3.63) is 18.2 Å². The fourth-order valence-corrected chi connectivity index (χ4v) is 3.05. The molecule has 2 rings (SSSR count). The molecule has 0 amide bonds. The van der Waals surface area contributed by atoms with Gasteiger partial charge in [0.15, 0.2) is 0 Å². The third-order valence-electron chi connectivity index (χ3n) is 4.45. The standard InChI is InChI=1S/C15H28N4/c1-4-16-13(2)15-5-8-18(9-6-15)11-12-19-10-7-17-14(19)3/h7,10,13,15-16H,4-6,8-9,11-12H2,1-3H3. The van der Waals surface area contributed by atoms with E-state index in [1.807, 2.05) is 6.20 Å². The summed E-state index contributed by atoms with van der Waals surface area (Å²) in [5, 5.41) is 3.56. The second-order valence-corrected chi connectivity index (χ2v) is 5.69. The van der Waals surface area contributed by atoms with Gasteiger partial charge in [0, 0.05) is 31.5 Å². The van der Waals surface area contributed by atoms with Crippen LogP contribution in [0.4, 0.5) is 0 Å². The van der Waals surface area contributed by atoms with E-state index >= 15 is 0 Å². The van der Waals surface area contributed by atoms with E-state index in [0.29, 0.717) is 6.04 Å². The number of nitrogens with zero attached hydrogens (tertiary/aromatic N) is 3. The fourth-order valence-electron chi connectivity index (χ4n) is 3.05. The molecule has 1 saturated heterocycles. The molecule has 19 heavy (non-hydrogen) atoms. The van der Waals surface area contributed by atoms with Crippen molar-refractivity contribution in [2.75, 3.05) is 26.2 Å². The molecule has 1 aromatic heterocycles. The maximum absolute atomic E-state index is 4.27. The van der Waals surface area contributed by atoms with Crippen molar-refractivity contribution >= 4 is 0 Å². The first-order valence-corrected chi connectivity index (χ1v) is 7.64. The molecule has 0 aromatic carbocycles. The molecule has 0 saturated carbocycles. The highest BCUT2D eigenvalue weighted by Gasteiger charge is 2.22. The van der Waals surface area contributed by atoms with E-state index in [4.69, 9.17) is 0 Å². The van der Waals surface area contributed by atoms with Crippen molar-refractivity contribution in [2.45, 2.75) is 46.2 Å². The number of rotatable bonds is 6. The Labute approximate surface area is 117 Å². The lowest BCUT2D eigenvalue weighted by atomic mass is 9.90. The molecule has 0 bridgehead atoms. The number of hydrogen-bond donors (Lipinski definition) is 1. The summed E-state index contributed by atoms with van der Waals surface area (Å²) in [7, 11) is 0. The van der Waals surface area contributed by atoms with Crippen molar-refractivity contribution in [2.24, 2.45) is 5.92 Å². The van der Waals surface area contributed by atoms with Crippen LogP contribution in [-0.4, -0.2) is 46.7 Å². The number of aromatic nitrogens is 2. The summed E-state index contributed by atoms with van der Waals surface area (Å²) in [5.74, 6) is 1.97. The van der Waals surface area contributed by atoms with Crippen LogP contribution in [0.15, 0.2) is 12.4 Å². The average molecular weight is 264 g/mol. The highest BCUT2D eigenvalue weighted by molar-refractivity contribution is 4.88. The lowest BCUT2D eigenvalue weighted by molar-refractivity contribution is 0.158. The zero-order valence-electron chi connectivity index (χ0n) is 12.6. The van der Waals surface area contributed by atoms with Gasteiger partial charge >= 0.3 is 0 Å². The molecule has 1 aliphatic heterocycles. The second kappa shape index (κ2) is 7.06. The molecule has 0 spiro atoms. The van der Waals surface area contributed by atoms with Gasteiger partial charge in [0.25, 0.3) is 0 Å². The van der Waals surface area contributed by atoms with Gasteiger partial charge in [-0.1, -0.05) is 6.92 Å². The van der Waals surface area contributed by atoms with Gasteiger partial charge in [0.05, 0.1) is 0 Å². The molecular formula is C15H28N4. The summed E-state index contributed by atoms with van der Waals surface area (Å²) in [6.45, 7) is 12.4. The summed E-state index contributed by atoms with van der Waals surface area (Å²) in [4.78, 5) is 6.86. The molecule has 1 aromatic rings. The summed E-state index contributed by atoms with van der Waals surface area (Å²) in [6, 6.07) is 0.669. The van der Waals surface area contributed by atoms with Crippen LogP contribution in [0.3, 0.4) is 0 Å². The van der Waals surface area contributed by atoms with E-state index in [9.17, 15) is 0 Å². The predicted octanol–water partition coefficient (Wildman–Crippen LogP) is 1.90. The lowest BCUT2D eigenvalue weighted by Gasteiger charge is -2.35. The Kier molecular flexibility index (Phi) is 5.40. The van der Waals surface area contributed by atoms with Crippen molar-refractivity contribution in [3.63, 3.8) is 0 Å². The average Bonchev–Trinajstić information content (AvgIpc) is 2.83. The van der Waals surface area contributed by atoms with Gasteiger partial charge in [-0.25, -0.2) is 4.98 Å². The zero-order chi connectivity index (χ0) is 13.7. The number of nitrogens with one attached hydrogen (secondary N) is 1. The van der Waals surface area contributed by atoms with Crippen LogP contribution in [0.5, 0.6) is 0 Å². The van der Waals surface area contributed by atoms with Gasteiger partial charge in [-0.15, -0.1) is 0 Å². The van der Waals surface area contributed by atoms with Crippen LogP contribution in [0.1, 0.15) is 32.5 Å². The molecule has 108 valence electrons. The Hall–Kier alpha value is -0.870. The van der Waals surface area contributed by atoms with Crippen LogP contribution in [0.25, 0.3) is 0 Å². The van der Waals surface area contributed by atoms with E-state index in [1.54, 1.807) is 0 Å². The quantitative estimate of drug-likeness (QED) is 0.852. The molecule has 2 heterocycles. The molecular weight excluding hydrogens is 236 g/mol. The monoisotopic (exact) mass is 264 g/mol. The van der Waals surface area contributed by atoms with Gasteiger partial charge in [-0.3, -0.25) is 0 Å². The number of imidazole rings is 1. The van der Waals surface area contributed by atoms with Gasteiger partial charge in [0.1, 0.15) is 5.82 Å². The third-order valence-corrected chi connectivity index (χ3v) is 4.45. The largest absolute Gasteiger partial charge is 0.334 e. The minimum atomic E-state index is 0.669. The Balaban J connectivity index is 1.70. The molecule has 0 aliphatic carbocycles. The van der Waals surface area contributed by atoms with Gasteiger partial charge in [-0.2, -0.15) is 0 Å². The molecule has 0 radical (unpaired) electrons. The predicted molar refractivity (Wildman–Crippen MR) is 79.3 cm³/mol. The van der Waals surface area contributed by atoms with E-state index in [0.717, 1.165) is 31.4 Å². The maximum atomic E-state index is 4.27. The molecule has 1 N–H and O–H groups in total. The molecule has 4 nitrogen and oxygen atoms in total. The summed E-state index contributed by atoms with van der Waals surface area (Å²) < 4.78 is 2.24. The molecule has 1 atom stereocenters. The number of likely N-dealkylation sites (tertiary alicyclic amines) is 1. The van der Waals surface area contributed by atoms with Crippen LogP contribution >= 0.6 is 0 Å². The first kappa shape index (κ1) is 14.5. The number of piperidine rings is 1. The summed E-state index contributed by atoms with van der Waals surface area (Å²) >= 11 is 0. The lowest BCUT2D eigenvalue weighted by Crippen LogP contribution is -2.42. The minimum absolute atomic E-state index is 0.669. The molecule has 4 heteroatoms. The molecule has 1 fully saturated rings. The van der Waals surface area contributed by atoms with E-state index in [1.165, 1.54) is 25.9 Å². The van der Waals surface area contributed by atoms with Crippen molar-refractivity contribution in [1.29, 1.82) is 0 Å². The normalized spacial score (nSPS) is 19.7. The minimum Gasteiger partial charge on any atom is -0.334 e. The fraction of sp³-hybridized carbons (Fsp3) is 0.800. The smallest absolute Gasteiger partial charge is 0.105 e. The zero-order valence-corrected chi connectivity index (χ0v) is 12.6. The second-order valence-electron chi connectivity index (χ2n) is 5.69. The van der Waals surface area contributed by atoms with Crippen LogP contribution in [-0.2, 0) is 6.54 Å². The first-order chi connectivity index (χ1) is 9.20. The Morgan fingerprint density at radius 3 is 2.68 bits per heavy atom. The van der Waals surface area contributed by atoms with Crippen LogP contribution in [0, 0.1) is 12.8 Å². The Morgan fingerprint density at radius 1 is 1.37 bits per heavy atom. The van der Waals surface area contributed by atoms with Crippen molar-refractivity contribution < 1.29 is 0 Å². The molecule has 1 aliphatic rings.